The summed E-state index contributed by atoms with van der Waals surface area (Å²) in [5, 5.41) is 0. The van der Waals surface area contributed by atoms with Crippen LogP contribution in [0.3, 0.4) is 0 Å². The molecule has 1 saturated heterocycles. The molecule has 0 N–H and O–H groups in total. The Balaban J connectivity index is 2.19. The van der Waals surface area contributed by atoms with Gasteiger partial charge in [-0.25, -0.2) is 0 Å². The Morgan fingerprint density at radius 1 is 1.21 bits per heavy atom. The first-order valence-electron chi connectivity index (χ1n) is 5.20. The summed E-state index contributed by atoms with van der Waals surface area (Å²) in [5.74, 6) is 1.31. The van der Waals surface area contributed by atoms with E-state index in [-0.39, 0.29) is 0 Å². The van der Waals surface area contributed by atoms with Crippen molar-refractivity contribution in [3.8, 4) is 0 Å². The first kappa shape index (κ1) is 13.8. The predicted octanol–water partition coefficient (Wildman–Crippen LogP) is 4.09. The van der Waals surface area contributed by atoms with E-state index in [1.54, 1.807) is 0 Å². The van der Waals surface area contributed by atoms with E-state index >= 15 is 0 Å². The molecule has 0 atom stereocenters. The second-order valence-corrected chi connectivity index (χ2v) is 9.01. The molecule has 0 spiro atoms. The van der Waals surface area contributed by atoms with Crippen molar-refractivity contribution in [3.05, 3.63) is 0 Å². The van der Waals surface area contributed by atoms with Crippen LogP contribution in [0.1, 0.15) is 39.5 Å². The molecule has 0 aliphatic carbocycles. The molecule has 0 aromatic rings. The van der Waals surface area contributed by atoms with E-state index < -0.39 is 0 Å². The fourth-order valence-electron chi connectivity index (χ4n) is 1.02. The molecular formula is C9H18MoNS3. The first-order valence-corrected chi connectivity index (χ1v) is 9.24. The maximum atomic E-state index is 2.53. The van der Waals surface area contributed by atoms with Gasteiger partial charge in [0.05, 0.1) is 0 Å². The van der Waals surface area contributed by atoms with Crippen molar-refractivity contribution in [1.82, 2.24) is 3.46 Å². The molecule has 0 unspecified atom stereocenters. The molecule has 14 heavy (non-hydrogen) atoms. The van der Waals surface area contributed by atoms with Gasteiger partial charge in [-0.2, -0.15) is 0 Å². The Hall–Kier alpha value is 1.70. The van der Waals surface area contributed by atoms with E-state index in [1.807, 2.05) is 21.6 Å². The second-order valence-electron chi connectivity index (χ2n) is 3.35. The fourth-order valence-corrected chi connectivity index (χ4v) is 7.19. The molecule has 83 valence electrons. The Kier molecular flexibility index (Phi) is 6.99. The van der Waals surface area contributed by atoms with Gasteiger partial charge in [0.2, 0.25) is 0 Å². The molecule has 1 aliphatic rings. The Labute approximate surface area is 112 Å². The Morgan fingerprint density at radius 2 is 1.86 bits per heavy atom. The van der Waals surface area contributed by atoms with Crippen LogP contribution in [0.15, 0.2) is 0 Å². The average Bonchev–Trinajstić information content (AvgIpc) is 2.96. The van der Waals surface area contributed by atoms with E-state index in [1.165, 1.54) is 38.0 Å². The van der Waals surface area contributed by atoms with Crippen LogP contribution in [0.2, 0.25) is 0 Å². The minimum atomic E-state index is 0.398. The van der Waals surface area contributed by atoms with Crippen LogP contribution in [-0.2, 0) is 20.1 Å². The maximum absolute atomic E-state index is 2.53. The van der Waals surface area contributed by atoms with E-state index in [9.17, 15) is 0 Å². The normalized spacial score (nSPS) is 18.8. The number of thioether (sulfide) groups is 1. The van der Waals surface area contributed by atoms with Crippen molar-refractivity contribution >= 4 is 33.3 Å². The average molecular weight is 332 g/mol. The third kappa shape index (κ3) is 4.29. The van der Waals surface area contributed by atoms with Gasteiger partial charge in [-0.3, -0.25) is 0 Å². The number of unbranched alkanes of at least 4 members (excludes halogenated alkanes) is 2. The van der Waals surface area contributed by atoms with Gasteiger partial charge in [-0.05, 0) is 0 Å². The zero-order valence-corrected chi connectivity index (χ0v) is 13.3. The van der Waals surface area contributed by atoms with Crippen molar-refractivity contribution in [2.24, 2.45) is 0 Å². The number of rotatable bonds is 8. The van der Waals surface area contributed by atoms with E-state index in [4.69, 9.17) is 0 Å². The van der Waals surface area contributed by atoms with E-state index in [0.29, 0.717) is 3.54 Å². The Bertz CT molecular complexity index is 164. The zero-order valence-electron chi connectivity index (χ0n) is 8.82. The number of hydrogen-bond donors (Lipinski definition) is 0. The zero-order chi connectivity index (χ0) is 10.4. The molecule has 0 aromatic carbocycles. The second kappa shape index (κ2) is 7.11. The molecule has 0 radical (unpaired) electrons. The van der Waals surface area contributed by atoms with Crippen LogP contribution in [-0.4, -0.2) is 19.3 Å². The van der Waals surface area contributed by atoms with E-state index in [0.717, 1.165) is 0 Å². The summed E-state index contributed by atoms with van der Waals surface area (Å²) in [7, 11) is 4.07. The Morgan fingerprint density at radius 3 is 2.36 bits per heavy atom. The van der Waals surface area contributed by atoms with Gasteiger partial charge in [-0.1, -0.05) is 0 Å². The van der Waals surface area contributed by atoms with Gasteiger partial charge in [-0.15, -0.1) is 0 Å². The molecule has 5 heteroatoms. The molecule has 1 rings (SSSR count). The third-order valence-corrected chi connectivity index (χ3v) is 9.33. The fraction of sp³-hybridized carbons (Fsp3) is 1.00. The molecule has 0 saturated carbocycles. The summed E-state index contributed by atoms with van der Waals surface area (Å²) < 4.78 is 2.93. The topological polar surface area (TPSA) is 3.24 Å². The third-order valence-electron chi connectivity index (χ3n) is 2.03. The molecular weight excluding hydrogens is 314 g/mol. The monoisotopic (exact) mass is 334 g/mol. The van der Waals surface area contributed by atoms with Crippen molar-refractivity contribution in [1.29, 1.82) is 0 Å². The minimum absolute atomic E-state index is 0.398. The van der Waals surface area contributed by atoms with Gasteiger partial charge in [0.25, 0.3) is 0 Å². The molecule has 0 aromatic heterocycles. The summed E-state index contributed by atoms with van der Waals surface area (Å²) >= 11 is 4.32. The molecule has 1 nitrogen and oxygen atoms in total. The van der Waals surface area contributed by atoms with Gasteiger partial charge < -0.3 is 0 Å². The molecule has 1 heterocycles. The van der Waals surface area contributed by atoms with Crippen molar-refractivity contribution in [2.75, 3.05) is 12.3 Å². The van der Waals surface area contributed by atoms with E-state index in [2.05, 4.69) is 49.1 Å². The molecule has 0 bridgehead atoms. The summed E-state index contributed by atoms with van der Waals surface area (Å²) in [6.07, 6.45) is 5.31. The van der Waals surface area contributed by atoms with Crippen LogP contribution in [0.25, 0.3) is 0 Å². The van der Waals surface area contributed by atoms with Crippen LogP contribution in [0.4, 0.5) is 0 Å². The summed E-state index contributed by atoms with van der Waals surface area (Å²) in [6.45, 7) is 5.78. The summed E-state index contributed by atoms with van der Waals surface area (Å²) in [6, 6.07) is 0. The van der Waals surface area contributed by atoms with Gasteiger partial charge in [0.15, 0.2) is 0 Å². The van der Waals surface area contributed by atoms with Gasteiger partial charge in [0.1, 0.15) is 0 Å². The van der Waals surface area contributed by atoms with Gasteiger partial charge in [0, 0.05) is 0 Å². The quantitative estimate of drug-likeness (QED) is 0.216. The van der Waals surface area contributed by atoms with Crippen LogP contribution in [0, 0.1) is 0 Å². The summed E-state index contributed by atoms with van der Waals surface area (Å²) in [4.78, 5) is 0. The van der Waals surface area contributed by atoms with Crippen molar-refractivity contribution < 1.29 is 20.1 Å². The van der Waals surface area contributed by atoms with Crippen LogP contribution < -0.4 is 0 Å². The van der Waals surface area contributed by atoms with Crippen molar-refractivity contribution in [2.45, 2.75) is 43.1 Å². The van der Waals surface area contributed by atoms with Crippen LogP contribution >= 0.6 is 33.3 Å². The van der Waals surface area contributed by atoms with Crippen LogP contribution in [0.5, 0.6) is 0 Å². The molecule has 1 fully saturated rings. The number of hydrogen-bond acceptors (Lipinski definition) is 4. The predicted molar refractivity (Wildman–Crippen MR) is 66.9 cm³/mol. The summed E-state index contributed by atoms with van der Waals surface area (Å²) in [5.41, 5.74) is 0. The molecule has 1 aliphatic heterocycles. The van der Waals surface area contributed by atoms with Gasteiger partial charge >= 0.3 is 112 Å². The van der Waals surface area contributed by atoms with Crippen molar-refractivity contribution in [3.63, 3.8) is 0 Å². The SMILES string of the molecule is CCCCSC1([N]([Mo])CCCC)SS1. The number of nitrogens with zero attached hydrogens (tertiary/aromatic N) is 1. The molecule has 0 amide bonds. The first-order chi connectivity index (χ1) is 6.75. The standard InChI is InChI=1S/C9H18NS3.Mo/c1-3-5-7-10-9(12-13-9)11-8-6-4-2;/h3-8H2,1-2H3;/q-1;+1.